The van der Waals surface area contributed by atoms with Gasteiger partial charge in [0.05, 0.1) is 12.1 Å². The second-order valence-electron chi connectivity index (χ2n) is 4.55. The Hall–Kier alpha value is -2.24. The molecular weight excluding hydrogens is 262 g/mol. The maximum Gasteiger partial charge on any atom is 0.420 e. The normalized spacial score (nSPS) is 11.0. The van der Waals surface area contributed by atoms with Gasteiger partial charge < -0.3 is 13.9 Å². The number of aromatic nitrogens is 1. The summed E-state index contributed by atoms with van der Waals surface area (Å²) in [5, 5.41) is 0. The lowest BCUT2D eigenvalue weighted by molar-refractivity contribution is -0.145. The molecule has 0 fully saturated rings. The van der Waals surface area contributed by atoms with Gasteiger partial charge in [0.25, 0.3) is 0 Å². The molecule has 1 heterocycles. The van der Waals surface area contributed by atoms with Crippen LogP contribution in [0.2, 0.25) is 0 Å². The van der Waals surface area contributed by atoms with Crippen molar-refractivity contribution >= 4 is 17.1 Å². The minimum atomic E-state index is -0.430. The number of carbonyl (C=O) groups is 1. The van der Waals surface area contributed by atoms with Gasteiger partial charge in [0.15, 0.2) is 12.2 Å². The number of hydrogen-bond donors (Lipinski definition) is 0. The van der Waals surface area contributed by atoms with Crippen molar-refractivity contribution < 1.29 is 18.7 Å². The number of benzene rings is 1. The summed E-state index contributed by atoms with van der Waals surface area (Å²) >= 11 is 0. The Morgan fingerprint density at radius 2 is 2.15 bits per heavy atom. The van der Waals surface area contributed by atoms with Gasteiger partial charge in [0.1, 0.15) is 5.75 Å². The predicted molar refractivity (Wildman–Crippen MR) is 73.0 cm³/mol. The number of nitrogens with zero attached hydrogens (tertiary/aromatic N) is 1. The molecule has 0 unspecified atom stereocenters. The van der Waals surface area contributed by atoms with Crippen LogP contribution in [0.5, 0.6) is 5.75 Å². The topological polar surface area (TPSA) is 70.7 Å². The fourth-order valence-electron chi connectivity index (χ4n) is 1.94. The van der Waals surface area contributed by atoms with Crippen molar-refractivity contribution in [1.29, 1.82) is 0 Å². The molecule has 0 aliphatic rings. The summed E-state index contributed by atoms with van der Waals surface area (Å²) in [5.41, 5.74) is 1.14. The average molecular weight is 279 g/mol. The number of ether oxygens (including phenoxy) is 2. The molecule has 0 bridgehead atoms. The smallest absolute Gasteiger partial charge is 0.420 e. The van der Waals surface area contributed by atoms with Crippen molar-refractivity contribution in [3.8, 4) is 5.75 Å². The van der Waals surface area contributed by atoms with Gasteiger partial charge in [-0.1, -0.05) is 0 Å². The Morgan fingerprint density at radius 1 is 1.40 bits per heavy atom. The first-order valence-electron chi connectivity index (χ1n) is 6.46. The molecule has 6 heteroatoms. The fourth-order valence-corrected chi connectivity index (χ4v) is 1.94. The van der Waals surface area contributed by atoms with Gasteiger partial charge in [-0.2, -0.15) is 0 Å². The summed E-state index contributed by atoms with van der Waals surface area (Å²) in [7, 11) is 0. The van der Waals surface area contributed by atoms with E-state index in [0.29, 0.717) is 23.5 Å². The van der Waals surface area contributed by atoms with E-state index in [-0.39, 0.29) is 12.6 Å². The Morgan fingerprint density at radius 3 is 2.80 bits per heavy atom. The maximum absolute atomic E-state index is 11.7. The summed E-state index contributed by atoms with van der Waals surface area (Å²) in [4.78, 5) is 23.0. The van der Waals surface area contributed by atoms with Crippen LogP contribution in [0, 0.1) is 0 Å². The van der Waals surface area contributed by atoms with Gasteiger partial charge in [0, 0.05) is 12.1 Å². The quantitative estimate of drug-likeness (QED) is 0.784. The van der Waals surface area contributed by atoms with Gasteiger partial charge in [-0.3, -0.25) is 4.57 Å². The lowest BCUT2D eigenvalue weighted by Gasteiger charge is -2.08. The standard InChI is InChI=1S/C14H17NO5/c1-4-18-13(16)8-19-10-5-6-12-11(7-10)15(9(2)3)14(17)20-12/h5-7,9H,4,8H2,1-3H3. The van der Waals surface area contributed by atoms with E-state index in [1.165, 1.54) is 4.57 Å². The highest BCUT2D eigenvalue weighted by Crippen LogP contribution is 2.22. The second-order valence-corrected chi connectivity index (χ2v) is 4.55. The molecule has 2 aromatic rings. The van der Waals surface area contributed by atoms with Gasteiger partial charge in [-0.25, -0.2) is 9.59 Å². The minimum Gasteiger partial charge on any atom is -0.482 e. The van der Waals surface area contributed by atoms with E-state index in [1.54, 1.807) is 25.1 Å². The lowest BCUT2D eigenvalue weighted by Crippen LogP contribution is -2.16. The third kappa shape index (κ3) is 2.84. The van der Waals surface area contributed by atoms with E-state index >= 15 is 0 Å². The zero-order valence-corrected chi connectivity index (χ0v) is 11.7. The summed E-state index contributed by atoms with van der Waals surface area (Å²) < 4.78 is 16.8. The van der Waals surface area contributed by atoms with E-state index < -0.39 is 11.7 Å². The van der Waals surface area contributed by atoms with Crippen molar-refractivity contribution in [3.63, 3.8) is 0 Å². The van der Waals surface area contributed by atoms with E-state index in [9.17, 15) is 9.59 Å². The van der Waals surface area contributed by atoms with E-state index in [4.69, 9.17) is 13.9 Å². The van der Waals surface area contributed by atoms with Crippen LogP contribution in [0.15, 0.2) is 27.4 Å². The van der Waals surface area contributed by atoms with Crippen LogP contribution in [0.1, 0.15) is 26.8 Å². The van der Waals surface area contributed by atoms with Crippen molar-refractivity contribution in [2.45, 2.75) is 26.8 Å². The van der Waals surface area contributed by atoms with Gasteiger partial charge in [-0.15, -0.1) is 0 Å². The highest BCUT2D eigenvalue weighted by atomic mass is 16.6. The first kappa shape index (κ1) is 14.2. The molecule has 108 valence electrons. The number of carbonyl (C=O) groups excluding carboxylic acids is 1. The van der Waals surface area contributed by atoms with Crippen LogP contribution in [0.25, 0.3) is 11.1 Å². The predicted octanol–water partition coefficient (Wildman–Crippen LogP) is 2.12. The van der Waals surface area contributed by atoms with Crippen molar-refractivity contribution in [2.75, 3.05) is 13.2 Å². The number of oxazole rings is 1. The molecule has 0 saturated heterocycles. The Bertz CT molecular complexity index is 668. The molecule has 0 saturated carbocycles. The molecule has 0 N–H and O–H groups in total. The molecule has 1 aromatic carbocycles. The summed E-state index contributed by atoms with van der Waals surface area (Å²) in [6.45, 7) is 5.67. The van der Waals surface area contributed by atoms with Crippen LogP contribution in [0.3, 0.4) is 0 Å². The number of rotatable bonds is 5. The van der Waals surface area contributed by atoms with Crippen molar-refractivity contribution in [1.82, 2.24) is 4.57 Å². The van der Waals surface area contributed by atoms with Crippen LogP contribution in [-0.4, -0.2) is 23.8 Å². The summed E-state index contributed by atoms with van der Waals surface area (Å²) in [5.74, 6) is -0.348. The zero-order valence-electron chi connectivity index (χ0n) is 11.7. The van der Waals surface area contributed by atoms with Crippen molar-refractivity contribution in [2.24, 2.45) is 0 Å². The Balaban J connectivity index is 2.26. The molecular formula is C14H17NO5. The highest BCUT2D eigenvalue weighted by molar-refractivity contribution is 5.75. The fraction of sp³-hybridized carbons (Fsp3) is 0.429. The second kappa shape index (κ2) is 5.81. The highest BCUT2D eigenvalue weighted by Gasteiger charge is 2.13. The first-order chi connectivity index (χ1) is 9.52. The average Bonchev–Trinajstić information content (AvgIpc) is 2.71. The molecule has 0 atom stereocenters. The van der Waals surface area contributed by atoms with Crippen molar-refractivity contribution in [3.05, 3.63) is 28.7 Å². The van der Waals surface area contributed by atoms with Gasteiger partial charge in [0.2, 0.25) is 0 Å². The molecule has 20 heavy (non-hydrogen) atoms. The molecule has 0 spiro atoms. The minimum absolute atomic E-state index is 0.0240. The largest absolute Gasteiger partial charge is 0.482 e. The molecule has 6 nitrogen and oxygen atoms in total. The lowest BCUT2D eigenvalue weighted by atomic mass is 10.3. The van der Waals surface area contributed by atoms with Crippen LogP contribution < -0.4 is 10.5 Å². The summed E-state index contributed by atoms with van der Waals surface area (Å²) in [6, 6.07) is 4.95. The summed E-state index contributed by atoms with van der Waals surface area (Å²) in [6.07, 6.45) is 0. The monoisotopic (exact) mass is 279 g/mol. The van der Waals surface area contributed by atoms with E-state index in [0.717, 1.165) is 0 Å². The van der Waals surface area contributed by atoms with Crippen LogP contribution in [0.4, 0.5) is 0 Å². The molecule has 0 amide bonds. The zero-order chi connectivity index (χ0) is 14.7. The van der Waals surface area contributed by atoms with Gasteiger partial charge in [-0.05, 0) is 32.9 Å². The Labute approximate surface area is 115 Å². The first-order valence-corrected chi connectivity index (χ1v) is 6.46. The molecule has 0 radical (unpaired) electrons. The van der Waals surface area contributed by atoms with Crippen LogP contribution in [-0.2, 0) is 9.53 Å². The van der Waals surface area contributed by atoms with Crippen LogP contribution >= 0.6 is 0 Å². The molecule has 1 aromatic heterocycles. The van der Waals surface area contributed by atoms with E-state index in [1.807, 2.05) is 13.8 Å². The third-order valence-electron chi connectivity index (χ3n) is 2.76. The molecule has 0 aliphatic carbocycles. The van der Waals surface area contributed by atoms with E-state index in [2.05, 4.69) is 0 Å². The number of esters is 1. The number of fused-ring (bicyclic) bond motifs is 1. The number of hydrogen-bond acceptors (Lipinski definition) is 5. The molecule has 0 aliphatic heterocycles. The molecule has 2 rings (SSSR count). The van der Waals surface area contributed by atoms with Gasteiger partial charge >= 0.3 is 11.7 Å². The maximum atomic E-state index is 11.7. The third-order valence-corrected chi connectivity index (χ3v) is 2.76. The SMILES string of the molecule is CCOC(=O)COc1ccc2oc(=O)n(C(C)C)c2c1. The Kier molecular flexibility index (Phi) is 4.12.